The van der Waals surface area contributed by atoms with Crippen LogP contribution in [0.5, 0.6) is 0 Å². The molecule has 3 amide bonds. The highest BCUT2D eigenvalue weighted by Crippen LogP contribution is 2.34. The summed E-state index contributed by atoms with van der Waals surface area (Å²) in [7, 11) is 0. The van der Waals surface area contributed by atoms with Crippen LogP contribution in [0.1, 0.15) is 41.8 Å². The molecule has 1 fully saturated rings. The number of rotatable bonds is 9. The molecule has 1 atom stereocenters. The van der Waals surface area contributed by atoms with E-state index in [1.807, 2.05) is 24.4 Å². The Kier molecular flexibility index (Phi) is 8.90. The SMILES string of the molecule is CCCNC(=O)N(CCN1CCOCC1)CC(=O)N1N=C(c2cccs2)C[C@H]1c1ccc(C)cc1. The summed E-state index contributed by atoms with van der Waals surface area (Å²) in [4.78, 5) is 31.5. The van der Waals surface area contributed by atoms with E-state index in [1.54, 1.807) is 21.2 Å². The molecule has 35 heavy (non-hydrogen) atoms. The minimum absolute atomic E-state index is 0.0104. The van der Waals surface area contributed by atoms with Crippen molar-refractivity contribution in [3.63, 3.8) is 0 Å². The zero-order valence-electron chi connectivity index (χ0n) is 20.6. The topological polar surface area (TPSA) is 77.5 Å². The summed E-state index contributed by atoms with van der Waals surface area (Å²) >= 11 is 1.63. The van der Waals surface area contributed by atoms with Gasteiger partial charge in [-0.05, 0) is 30.4 Å². The van der Waals surface area contributed by atoms with Crippen molar-refractivity contribution < 1.29 is 14.3 Å². The lowest BCUT2D eigenvalue weighted by atomic mass is 10.00. The predicted octanol–water partition coefficient (Wildman–Crippen LogP) is 3.49. The number of nitrogens with zero attached hydrogens (tertiary/aromatic N) is 4. The van der Waals surface area contributed by atoms with Crippen LogP contribution in [-0.2, 0) is 9.53 Å². The zero-order chi connectivity index (χ0) is 24.6. The van der Waals surface area contributed by atoms with Crippen molar-refractivity contribution in [2.24, 2.45) is 5.10 Å². The number of nitrogens with one attached hydrogen (secondary N) is 1. The maximum atomic E-state index is 13.6. The van der Waals surface area contributed by atoms with Crippen LogP contribution in [0, 0.1) is 6.92 Å². The van der Waals surface area contributed by atoms with Gasteiger partial charge in [-0.15, -0.1) is 11.3 Å². The van der Waals surface area contributed by atoms with Crippen LogP contribution in [0.15, 0.2) is 46.9 Å². The van der Waals surface area contributed by atoms with Crippen molar-refractivity contribution >= 4 is 29.0 Å². The monoisotopic (exact) mass is 497 g/mol. The summed E-state index contributed by atoms with van der Waals surface area (Å²) < 4.78 is 5.43. The first-order valence-corrected chi connectivity index (χ1v) is 13.3. The summed E-state index contributed by atoms with van der Waals surface area (Å²) in [6.07, 6.45) is 1.50. The first-order valence-electron chi connectivity index (χ1n) is 12.4. The fourth-order valence-electron chi connectivity index (χ4n) is 4.30. The molecule has 9 heteroatoms. The molecule has 0 bridgehead atoms. The highest BCUT2D eigenvalue weighted by molar-refractivity contribution is 7.12. The van der Waals surface area contributed by atoms with Crippen molar-refractivity contribution in [2.45, 2.75) is 32.7 Å². The van der Waals surface area contributed by atoms with Gasteiger partial charge in [-0.25, -0.2) is 9.80 Å². The number of hydrogen-bond acceptors (Lipinski definition) is 6. The Morgan fingerprint density at radius 3 is 2.66 bits per heavy atom. The first kappa shape index (κ1) is 25.3. The van der Waals surface area contributed by atoms with Gasteiger partial charge in [0.25, 0.3) is 5.91 Å². The molecule has 0 saturated carbocycles. The van der Waals surface area contributed by atoms with Crippen LogP contribution >= 0.6 is 11.3 Å². The average Bonchev–Trinajstić information content (AvgIpc) is 3.56. The van der Waals surface area contributed by atoms with Gasteiger partial charge in [-0.3, -0.25) is 9.69 Å². The summed E-state index contributed by atoms with van der Waals surface area (Å²) in [6, 6.07) is 11.9. The molecule has 188 valence electrons. The molecule has 0 radical (unpaired) electrons. The molecule has 0 unspecified atom stereocenters. The van der Waals surface area contributed by atoms with Crippen molar-refractivity contribution in [1.29, 1.82) is 0 Å². The number of morpholine rings is 1. The number of urea groups is 1. The molecule has 1 aromatic carbocycles. The number of benzene rings is 1. The lowest BCUT2D eigenvalue weighted by molar-refractivity contribution is -0.133. The smallest absolute Gasteiger partial charge is 0.317 e. The van der Waals surface area contributed by atoms with Gasteiger partial charge in [0.05, 0.1) is 29.8 Å². The van der Waals surface area contributed by atoms with E-state index < -0.39 is 0 Å². The van der Waals surface area contributed by atoms with Crippen LogP contribution in [0.25, 0.3) is 0 Å². The second-order valence-electron chi connectivity index (χ2n) is 9.00. The Morgan fingerprint density at radius 1 is 1.20 bits per heavy atom. The molecule has 3 heterocycles. The number of aryl methyl sites for hydroxylation is 1. The molecular weight excluding hydrogens is 462 g/mol. The van der Waals surface area contributed by atoms with Gasteiger partial charge in [-0.1, -0.05) is 42.8 Å². The molecule has 0 spiro atoms. The van der Waals surface area contributed by atoms with E-state index in [2.05, 4.69) is 41.4 Å². The summed E-state index contributed by atoms with van der Waals surface area (Å²) in [5, 5.41) is 11.3. The predicted molar refractivity (Wildman–Crippen MR) is 139 cm³/mol. The number of amides is 3. The molecule has 1 N–H and O–H groups in total. The number of thiophene rings is 1. The Hall–Kier alpha value is -2.75. The van der Waals surface area contributed by atoms with Gasteiger partial charge in [0, 0.05) is 39.1 Å². The highest BCUT2D eigenvalue weighted by Gasteiger charge is 2.34. The lowest BCUT2D eigenvalue weighted by Gasteiger charge is -2.31. The molecule has 2 aliphatic rings. The largest absolute Gasteiger partial charge is 0.379 e. The Morgan fingerprint density at radius 2 is 1.97 bits per heavy atom. The van der Waals surface area contributed by atoms with E-state index in [1.165, 1.54) is 5.56 Å². The molecule has 8 nitrogen and oxygen atoms in total. The Labute approximate surface area is 211 Å². The fraction of sp³-hybridized carbons (Fsp3) is 0.500. The molecule has 0 aliphatic carbocycles. The summed E-state index contributed by atoms with van der Waals surface area (Å²) in [5.74, 6) is -0.171. The van der Waals surface area contributed by atoms with Gasteiger partial charge in [0.1, 0.15) is 6.54 Å². The molecular formula is C26H35N5O3S. The standard InChI is InChI=1S/C26H35N5O3S/c1-3-10-27-26(33)30(12-11-29-13-15-34-16-14-29)19-25(32)31-23(21-8-6-20(2)7-9-21)18-22(28-31)24-5-4-17-35-24/h4-9,17,23H,3,10-16,18-19H2,1-2H3,(H,27,33)/t23-/m0/s1. The molecule has 1 aromatic heterocycles. The minimum Gasteiger partial charge on any atom is -0.379 e. The van der Waals surface area contributed by atoms with Gasteiger partial charge < -0.3 is 15.0 Å². The fourth-order valence-corrected chi connectivity index (χ4v) is 5.02. The minimum atomic E-state index is -0.206. The van der Waals surface area contributed by atoms with Gasteiger partial charge in [-0.2, -0.15) is 5.10 Å². The second kappa shape index (κ2) is 12.3. The van der Waals surface area contributed by atoms with E-state index in [4.69, 9.17) is 9.84 Å². The maximum Gasteiger partial charge on any atom is 0.317 e. The van der Waals surface area contributed by atoms with Crippen molar-refractivity contribution in [1.82, 2.24) is 20.1 Å². The van der Waals surface area contributed by atoms with Crippen LogP contribution < -0.4 is 5.32 Å². The number of hydrazone groups is 1. The molecule has 1 saturated heterocycles. The van der Waals surface area contributed by atoms with Crippen molar-refractivity contribution in [3.05, 3.63) is 57.8 Å². The number of ether oxygens (including phenoxy) is 1. The van der Waals surface area contributed by atoms with Crippen LogP contribution in [0.4, 0.5) is 4.79 Å². The highest BCUT2D eigenvalue weighted by atomic mass is 32.1. The third-order valence-corrected chi connectivity index (χ3v) is 7.28. The molecule has 2 aliphatic heterocycles. The zero-order valence-corrected chi connectivity index (χ0v) is 21.4. The van der Waals surface area contributed by atoms with Gasteiger partial charge >= 0.3 is 6.03 Å². The van der Waals surface area contributed by atoms with Crippen molar-refractivity contribution in [2.75, 3.05) is 52.5 Å². The van der Waals surface area contributed by atoms with E-state index >= 15 is 0 Å². The van der Waals surface area contributed by atoms with Crippen molar-refractivity contribution in [3.8, 4) is 0 Å². The summed E-state index contributed by atoms with van der Waals surface area (Å²) in [5.41, 5.74) is 3.13. The van der Waals surface area contributed by atoms with E-state index in [-0.39, 0.29) is 24.5 Å². The molecule has 2 aromatic rings. The van der Waals surface area contributed by atoms with E-state index in [0.29, 0.717) is 39.3 Å². The normalized spacial score (nSPS) is 18.4. The van der Waals surface area contributed by atoms with Crippen LogP contribution in [0.3, 0.4) is 0 Å². The number of carbonyl (C=O) groups excluding carboxylic acids is 2. The second-order valence-corrected chi connectivity index (χ2v) is 9.95. The maximum absolute atomic E-state index is 13.6. The van der Waals surface area contributed by atoms with E-state index in [0.717, 1.165) is 35.7 Å². The quantitative estimate of drug-likeness (QED) is 0.575. The number of hydrogen-bond donors (Lipinski definition) is 1. The first-order chi connectivity index (χ1) is 17.0. The lowest BCUT2D eigenvalue weighted by Crippen LogP contribution is -2.49. The Bertz CT molecular complexity index is 1000. The van der Waals surface area contributed by atoms with Crippen LogP contribution in [0.2, 0.25) is 0 Å². The average molecular weight is 498 g/mol. The third-order valence-electron chi connectivity index (χ3n) is 6.36. The summed E-state index contributed by atoms with van der Waals surface area (Å²) in [6.45, 7) is 8.91. The van der Waals surface area contributed by atoms with Crippen LogP contribution in [-0.4, -0.2) is 84.9 Å². The number of carbonyl (C=O) groups is 2. The Balaban J connectivity index is 1.51. The molecule has 4 rings (SSSR count). The van der Waals surface area contributed by atoms with Gasteiger partial charge in [0.15, 0.2) is 0 Å². The van der Waals surface area contributed by atoms with E-state index in [9.17, 15) is 9.59 Å². The van der Waals surface area contributed by atoms with Gasteiger partial charge in [0.2, 0.25) is 0 Å². The third kappa shape index (κ3) is 6.68.